The molecule has 0 radical (unpaired) electrons. The predicted octanol–water partition coefficient (Wildman–Crippen LogP) is 0.783. The summed E-state index contributed by atoms with van der Waals surface area (Å²) < 4.78 is 0. The molecule has 0 bridgehead atoms. The van der Waals surface area contributed by atoms with Crippen molar-refractivity contribution in [1.29, 1.82) is 0 Å². The van der Waals surface area contributed by atoms with E-state index in [0.29, 0.717) is 0 Å². The standard InChI is InChI=1S/C7H14N2/c1-3-7-6-9(2)5-4-8-7/h3-6H2,1-2H3. The Kier molecular flexibility index (Phi) is 2.22. The number of hydrogen-bond acceptors (Lipinski definition) is 2. The quantitative estimate of drug-likeness (QED) is 0.507. The molecule has 0 saturated carbocycles. The van der Waals surface area contributed by atoms with Crippen LogP contribution in [0.4, 0.5) is 0 Å². The molecule has 1 aliphatic rings. The average molecular weight is 126 g/mol. The van der Waals surface area contributed by atoms with Crippen LogP contribution in [-0.2, 0) is 0 Å². The van der Waals surface area contributed by atoms with Crippen molar-refractivity contribution < 1.29 is 0 Å². The molecule has 0 spiro atoms. The summed E-state index contributed by atoms with van der Waals surface area (Å²) in [6.45, 7) is 5.37. The lowest BCUT2D eigenvalue weighted by molar-refractivity contribution is 0.376. The fourth-order valence-corrected chi connectivity index (χ4v) is 1.04. The third-order valence-corrected chi connectivity index (χ3v) is 1.68. The zero-order chi connectivity index (χ0) is 6.69. The molecule has 0 aromatic rings. The van der Waals surface area contributed by atoms with Gasteiger partial charge in [-0.3, -0.25) is 9.89 Å². The van der Waals surface area contributed by atoms with Crippen molar-refractivity contribution >= 4 is 5.71 Å². The predicted molar refractivity (Wildman–Crippen MR) is 40.1 cm³/mol. The maximum Gasteiger partial charge on any atom is 0.0516 e. The van der Waals surface area contributed by atoms with Crippen LogP contribution in [0, 0.1) is 0 Å². The van der Waals surface area contributed by atoms with Crippen molar-refractivity contribution in [2.45, 2.75) is 13.3 Å². The molecule has 0 aliphatic carbocycles. The molecule has 2 heteroatoms. The number of aliphatic imine (C=N–C) groups is 1. The molecule has 0 saturated heterocycles. The van der Waals surface area contributed by atoms with Crippen LogP contribution >= 0.6 is 0 Å². The molecule has 0 fully saturated rings. The maximum absolute atomic E-state index is 4.37. The summed E-state index contributed by atoms with van der Waals surface area (Å²) in [6, 6.07) is 0. The molecule has 0 aromatic carbocycles. The summed E-state index contributed by atoms with van der Waals surface area (Å²) in [7, 11) is 2.14. The summed E-state index contributed by atoms with van der Waals surface area (Å²) in [4.78, 5) is 6.68. The van der Waals surface area contributed by atoms with E-state index in [0.717, 1.165) is 26.1 Å². The Morgan fingerprint density at radius 3 is 2.89 bits per heavy atom. The van der Waals surface area contributed by atoms with Crippen LogP contribution in [0.15, 0.2) is 4.99 Å². The highest BCUT2D eigenvalue weighted by atomic mass is 15.1. The fraction of sp³-hybridized carbons (Fsp3) is 0.857. The van der Waals surface area contributed by atoms with Gasteiger partial charge in [-0.15, -0.1) is 0 Å². The van der Waals surface area contributed by atoms with Crippen LogP contribution in [0.3, 0.4) is 0 Å². The van der Waals surface area contributed by atoms with E-state index in [1.165, 1.54) is 5.71 Å². The SMILES string of the molecule is CCC1=NCCN(C)C1. The summed E-state index contributed by atoms with van der Waals surface area (Å²) in [5, 5.41) is 0. The van der Waals surface area contributed by atoms with E-state index in [4.69, 9.17) is 0 Å². The number of nitrogens with zero attached hydrogens (tertiary/aromatic N) is 2. The third-order valence-electron chi connectivity index (χ3n) is 1.68. The van der Waals surface area contributed by atoms with Gasteiger partial charge in [-0.05, 0) is 13.5 Å². The van der Waals surface area contributed by atoms with Crippen LogP contribution in [0.5, 0.6) is 0 Å². The first-order valence-corrected chi connectivity index (χ1v) is 3.53. The van der Waals surface area contributed by atoms with Gasteiger partial charge in [0.25, 0.3) is 0 Å². The van der Waals surface area contributed by atoms with Crippen LogP contribution < -0.4 is 0 Å². The molecule has 1 heterocycles. The molecule has 1 rings (SSSR count). The van der Waals surface area contributed by atoms with Gasteiger partial charge in [-0.25, -0.2) is 0 Å². The van der Waals surface area contributed by atoms with Crippen LogP contribution in [0.2, 0.25) is 0 Å². The zero-order valence-corrected chi connectivity index (χ0v) is 6.22. The fourth-order valence-electron chi connectivity index (χ4n) is 1.04. The molecule has 0 amide bonds. The molecule has 0 N–H and O–H groups in total. The highest BCUT2D eigenvalue weighted by molar-refractivity contribution is 5.86. The second kappa shape index (κ2) is 2.97. The van der Waals surface area contributed by atoms with E-state index < -0.39 is 0 Å². The second-order valence-electron chi connectivity index (χ2n) is 2.54. The van der Waals surface area contributed by atoms with Crippen molar-refractivity contribution in [1.82, 2.24) is 4.90 Å². The summed E-state index contributed by atoms with van der Waals surface area (Å²) in [6.07, 6.45) is 1.12. The Bertz CT molecular complexity index is 118. The number of likely N-dealkylation sites (N-methyl/N-ethyl adjacent to an activating group) is 1. The summed E-state index contributed by atoms with van der Waals surface area (Å²) in [5.41, 5.74) is 1.35. The molecule has 0 aromatic heterocycles. The molecular weight excluding hydrogens is 112 g/mol. The van der Waals surface area contributed by atoms with Gasteiger partial charge in [0.05, 0.1) is 6.54 Å². The van der Waals surface area contributed by atoms with E-state index in [9.17, 15) is 0 Å². The van der Waals surface area contributed by atoms with Gasteiger partial charge in [-0.1, -0.05) is 6.92 Å². The van der Waals surface area contributed by atoms with E-state index in [2.05, 4.69) is 23.9 Å². The van der Waals surface area contributed by atoms with Crippen molar-refractivity contribution in [3.8, 4) is 0 Å². The minimum absolute atomic E-state index is 1.000. The average Bonchev–Trinajstić information content (AvgIpc) is 1.88. The van der Waals surface area contributed by atoms with Gasteiger partial charge in [0, 0.05) is 18.8 Å². The lowest BCUT2D eigenvalue weighted by Crippen LogP contribution is -2.32. The van der Waals surface area contributed by atoms with Crippen molar-refractivity contribution in [2.75, 3.05) is 26.7 Å². The van der Waals surface area contributed by atoms with Crippen LogP contribution in [-0.4, -0.2) is 37.3 Å². The molecule has 2 nitrogen and oxygen atoms in total. The van der Waals surface area contributed by atoms with Gasteiger partial charge >= 0.3 is 0 Å². The maximum atomic E-state index is 4.37. The minimum Gasteiger partial charge on any atom is -0.299 e. The second-order valence-corrected chi connectivity index (χ2v) is 2.54. The molecule has 9 heavy (non-hydrogen) atoms. The Morgan fingerprint density at radius 1 is 1.67 bits per heavy atom. The number of rotatable bonds is 1. The first-order valence-electron chi connectivity index (χ1n) is 3.53. The van der Waals surface area contributed by atoms with Gasteiger partial charge in [0.2, 0.25) is 0 Å². The molecule has 0 atom stereocenters. The smallest absolute Gasteiger partial charge is 0.0516 e. The van der Waals surface area contributed by atoms with Gasteiger partial charge in [-0.2, -0.15) is 0 Å². The Morgan fingerprint density at radius 2 is 2.44 bits per heavy atom. The highest BCUT2D eigenvalue weighted by Crippen LogP contribution is 1.96. The Labute approximate surface area is 56.6 Å². The zero-order valence-electron chi connectivity index (χ0n) is 6.22. The van der Waals surface area contributed by atoms with E-state index in [-0.39, 0.29) is 0 Å². The van der Waals surface area contributed by atoms with Crippen molar-refractivity contribution in [3.05, 3.63) is 0 Å². The Hall–Kier alpha value is -0.370. The molecule has 0 unspecified atom stereocenters. The van der Waals surface area contributed by atoms with Gasteiger partial charge < -0.3 is 0 Å². The molecule has 1 aliphatic heterocycles. The number of hydrogen-bond donors (Lipinski definition) is 0. The lowest BCUT2D eigenvalue weighted by atomic mass is 10.2. The van der Waals surface area contributed by atoms with E-state index >= 15 is 0 Å². The van der Waals surface area contributed by atoms with Crippen LogP contribution in [0.1, 0.15) is 13.3 Å². The first kappa shape index (κ1) is 6.75. The van der Waals surface area contributed by atoms with Gasteiger partial charge in [0.1, 0.15) is 0 Å². The molecule has 52 valence electrons. The molecular formula is C7H14N2. The van der Waals surface area contributed by atoms with Crippen molar-refractivity contribution in [3.63, 3.8) is 0 Å². The van der Waals surface area contributed by atoms with Crippen molar-refractivity contribution in [2.24, 2.45) is 4.99 Å². The van der Waals surface area contributed by atoms with E-state index in [1.807, 2.05) is 0 Å². The minimum atomic E-state index is 1.000. The summed E-state index contributed by atoms with van der Waals surface area (Å²) in [5.74, 6) is 0. The highest BCUT2D eigenvalue weighted by Gasteiger charge is 2.06. The van der Waals surface area contributed by atoms with Gasteiger partial charge in [0.15, 0.2) is 0 Å². The van der Waals surface area contributed by atoms with E-state index in [1.54, 1.807) is 0 Å². The normalized spacial score (nSPS) is 21.8. The topological polar surface area (TPSA) is 15.6 Å². The lowest BCUT2D eigenvalue weighted by Gasteiger charge is -2.20. The van der Waals surface area contributed by atoms with Crippen LogP contribution in [0.25, 0.3) is 0 Å². The summed E-state index contributed by atoms with van der Waals surface area (Å²) >= 11 is 0. The monoisotopic (exact) mass is 126 g/mol. The first-order chi connectivity index (χ1) is 4.33. The Balaban J connectivity index is 2.43. The third kappa shape index (κ3) is 1.79. The largest absolute Gasteiger partial charge is 0.299 e.